The smallest absolute Gasteiger partial charge is 0.266 e. The summed E-state index contributed by atoms with van der Waals surface area (Å²) >= 11 is 6.15. The molecule has 5 rings (SSSR count). The maximum absolute atomic E-state index is 13.9. The second-order valence-electron chi connectivity index (χ2n) is 13.3. The number of rotatable bonds is 12. The molecule has 4 aromatic carbocycles. The molecule has 4 aromatic rings. The van der Waals surface area contributed by atoms with Crippen molar-refractivity contribution in [1.82, 2.24) is 5.32 Å². The highest BCUT2D eigenvalue weighted by Crippen LogP contribution is 2.38. The molecule has 0 unspecified atom stereocenters. The van der Waals surface area contributed by atoms with Crippen LogP contribution in [0.15, 0.2) is 97.1 Å². The van der Waals surface area contributed by atoms with Gasteiger partial charge in [0.1, 0.15) is 0 Å². The summed E-state index contributed by atoms with van der Waals surface area (Å²) in [6.07, 6.45) is 6.15. The molecule has 0 aromatic heterocycles. The van der Waals surface area contributed by atoms with E-state index < -0.39 is 16.0 Å². The van der Waals surface area contributed by atoms with Crippen molar-refractivity contribution in [3.8, 4) is 11.1 Å². The average molecular weight is 671 g/mol. The number of hydrogen-bond acceptors (Lipinski definition) is 4. The van der Waals surface area contributed by atoms with Gasteiger partial charge in [0.05, 0.1) is 11.7 Å². The van der Waals surface area contributed by atoms with Gasteiger partial charge in [-0.05, 0) is 107 Å². The van der Waals surface area contributed by atoms with Gasteiger partial charge in [-0.15, -0.1) is 0 Å². The summed E-state index contributed by atoms with van der Waals surface area (Å²) in [7, 11) is -4.00. The van der Waals surface area contributed by atoms with Crippen molar-refractivity contribution in [1.29, 1.82) is 0 Å². The molecule has 1 atom stereocenters. The summed E-state index contributed by atoms with van der Waals surface area (Å²) in [6.45, 7) is 7.29. The maximum atomic E-state index is 13.9. The molecule has 0 bridgehead atoms. The molecule has 3 N–H and O–H groups in total. The molecule has 8 heteroatoms. The van der Waals surface area contributed by atoms with Crippen LogP contribution in [0.3, 0.4) is 0 Å². The molecule has 0 aliphatic heterocycles. The Morgan fingerprint density at radius 3 is 2.19 bits per heavy atom. The van der Waals surface area contributed by atoms with Gasteiger partial charge in [0.15, 0.2) is 0 Å². The van der Waals surface area contributed by atoms with Crippen LogP contribution < -0.4 is 10.6 Å². The minimum atomic E-state index is -4.00. The number of carbonyl (C=O) groups is 1. The van der Waals surface area contributed by atoms with Gasteiger partial charge in [-0.25, -0.2) is 0 Å². The summed E-state index contributed by atoms with van der Waals surface area (Å²) in [5, 5.41) is 6.89. The predicted molar refractivity (Wildman–Crippen MR) is 193 cm³/mol. The Morgan fingerprint density at radius 2 is 1.57 bits per heavy atom. The molecule has 47 heavy (non-hydrogen) atoms. The highest BCUT2D eigenvalue weighted by atomic mass is 35.5. The van der Waals surface area contributed by atoms with Crippen molar-refractivity contribution in [2.24, 2.45) is 5.41 Å². The summed E-state index contributed by atoms with van der Waals surface area (Å²) in [6, 6.07) is 30.1. The second kappa shape index (κ2) is 15.0. The van der Waals surface area contributed by atoms with Gasteiger partial charge in [-0.1, -0.05) is 98.3 Å². The molecule has 6 nitrogen and oxygen atoms in total. The number of halogens is 1. The summed E-state index contributed by atoms with van der Waals surface area (Å²) in [5.41, 5.74) is 9.83. The van der Waals surface area contributed by atoms with Crippen LogP contribution in [0.25, 0.3) is 16.7 Å². The number of anilines is 1. The largest absolute Gasteiger partial charge is 0.326 e. The van der Waals surface area contributed by atoms with Crippen LogP contribution in [-0.2, 0) is 27.9 Å². The van der Waals surface area contributed by atoms with Gasteiger partial charge in [-0.2, -0.15) is 8.42 Å². The Kier molecular flexibility index (Phi) is 11.0. The number of nitrogens with one attached hydrogen (secondary N) is 2. The fraction of sp³-hybridized carbons (Fsp3) is 0.308. The van der Waals surface area contributed by atoms with Crippen LogP contribution in [0, 0.1) is 12.3 Å². The van der Waals surface area contributed by atoms with E-state index in [4.69, 9.17) is 16.2 Å². The minimum Gasteiger partial charge on any atom is -0.326 e. The van der Waals surface area contributed by atoms with Gasteiger partial charge in [0, 0.05) is 23.8 Å². The summed E-state index contributed by atoms with van der Waals surface area (Å²) in [4.78, 5) is 13.9. The van der Waals surface area contributed by atoms with Crippen molar-refractivity contribution in [3.05, 3.63) is 130 Å². The highest BCUT2D eigenvalue weighted by Gasteiger charge is 2.24. The van der Waals surface area contributed by atoms with Crippen molar-refractivity contribution < 1.29 is 17.8 Å². The first-order chi connectivity index (χ1) is 22.3. The standard InChI is InChI=1S/C39H43ClN2O4S/c1-27-24-34(40)14-17-36(27)32-12-15-35(16-13-32)42-38(43)37(25-28-4-6-29(7-5-28)26-41-22-23-47(44,45)46)33-10-8-30(9-11-33)31-18-20-39(2,3)21-19-31/h4-18,24,37,41H,19-23,25-26H2,1-3H3,(H,42,43)(H,44,45,46)/t37-/m0/s1. The number of aryl methyl sites for hydroxylation is 1. The lowest BCUT2D eigenvalue weighted by Gasteiger charge is -2.28. The fourth-order valence-corrected chi connectivity index (χ4v) is 6.64. The topological polar surface area (TPSA) is 95.5 Å². The molecule has 0 radical (unpaired) electrons. The zero-order valence-corrected chi connectivity index (χ0v) is 28.8. The van der Waals surface area contributed by atoms with E-state index >= 15 is 0 Å². The van der Waals surface area contributed by atoms with Crippen LogP contribution in [0.2, 0.25) is 5.02 Å². The van der Waals surface area contributed by atoms with Crippen LogP contribution in [0.4, 0.5) is 5.69 Å². The quantitative estimate of drug-likeness (QED) is 0.103. The van der Waals surface area contributed by atoms with E-state index in [1.54, 1.807) is 0 Å². The number of allylic oxidation sites excluding steroid dienone is 2. The molecule has 0 saturated carbocycles. The second-order valence-corrected chi connectivity index (χ2v) is 15.3. The fourth-order valence-electron chi connectivity index (χ4n) is 6.01. The molecule has 1 aliphatic carbocycles. The average Bonchev–Trinajstić information content (AvgIpc) is 3.03. The van der Waals surface area contributed by atoms with E-state index in [1.165, 1.54) is 11.1 Å². The van der Waals surface area contributed by atoms with Crippen molar-refractivity contribution in [2.75, 3.05) is 17.6 Å². The van der Waals surface area contributed by atoms with Gasteiger partial charge in [-0.3, -0.25) is 9.35 Å². The molecule has 0 heterocycles. The molecule has 0 fully saturated rings. The third kappa shape index (κ3) is 9.88. The first kappa shape index (κ1) is 34.6. The molecule has 246 valence electrons. The summed E-state index contributed by atoms with van der Waals surface area (Å²) in [5.74, 6) is -0.831. The maximum Gasteiger partial charge on any atom is 0.266 e. The molecule has 0 saturated heterocycles. The molecular weight excluding hydrogens is 628 g/mol. The third-order valence-electron chi connectivity index (χ3n) is 8.95. The van der Waals surface area contributed by atoms with Gasteiger partial charge in [0.2, 0.25) is 5.91 Å². The number of hydrogen-bond donors (Lipinski definition) is 3. The van der Waals surface area contributed by atoms with Crippen LogP contribution in [-0.4, -0.2) is 31.2 Å². The number of amides is 1. The van der Waals surface area contributed by atoms with E-state index in [0.29, 0.717) is 23.4 Å². The third-order valence-corrected chi connectivity index (χ3v) is 9.91. The molecular formula is C39H43ClN2O4S. The van der Waals surface area contributed by atoms with E-state index in [0.717, 1.165) is 58.3 Å². The van der Waals surface area contributed by atoms with E-state index in [1.807, 2.05) is 73.7 Å². The predicted octanol–water partition coefficient (Wildman–Crippen LogP) is 8.85. The lowest BCUT2D eigenvalue weighted by atomic mass is 9.77. The van der Waals surface area contributed by atoms with Crippen LogP contribution in [0.5, 0.6) is 0 Å². The Balaban J connectivity index is 1.33. The SMILES string of the molecule is Cc1cc(Cl)ccc1-c1ccc(NC(=O)[C@@H](Cc2ccc(CNCCS(=O)(=O)O)cc2)c2ccc(C3=CCC(C)(C)CC3)cc2)cc1. The Hall–Kier alpha value is -3.75. The minimum absolute atomic E-state index is 0.0808. The Bertz CT molecular complexity index is 1830. The van der Waals surface area contributed by atoms with Crippen molar-refractivity contribution in [3.63, 3.8) is 0 Å². The first-order valence-electron chi connectivity index (χ1n) is 16.1. The molecule has 1 amide bonds. The van der Waals surface area contributed by atoms with E-state index in [2.05, 4.69) is 54.8 Å². The van der Waals surface area contributed by atoms with E-state index in [-0.39, 0.29) is 18.2 Å². The van der Waals surface area contributed by atoms with Gasteiger partial charge in [0.25, 0.3) is 10.1 Å². The van der Waals surface area contributed by atoms with Crippen molar-refractivity contribution in [2.45, 2.75) is 58.9 Å². The zero-order chi connectivity index (χ0) is 33.6. The number of carbonyl (C=O) groups excluding carboxylic acids is 1. The Morgan fingerprint density at radius 1 is 0.915 bits per heavy atom. The van der Waals surface area contributed by atoms with Crippen LogP contribution >= 0.6 is 11.6 Å². The monoisotopic (exact) mass is 670 g/mol. The summed E-state index contributed by atoms with van der Waals surface area (Å²) < 4.78 is 30.9. The normalized spacial score (nSPS) is 15.1. The van der Waals surface area contributed by atoms with Gasteiger partial charge >= 0.3 is 0 Å². The van der Waals surface area contributed by atoms with Crippen LogP contribution in [0.1, 0.15) is 66.8 Å². The molecule has 0 spiro atoms. The molecule has 1 aliphatic rings. The van der Waals surface area contributed by atoms with Gasteiger partial charge < -0.3 is 10.6 Å². The lowest BCUT2D eigenvalue weighted by Crippen LogP contribution is -2.23. The Labute approximate surface area is 284 Å². The first-order valence-corrected chi connectivity index (χ1v) is 18.0. The highest BCUT2D eigenvalue weighted by molar-refractivity contribution is 7.85. The zero-order valence-electron chi connectivity index (χ0n) is 27.2. The number of benzene rings is 4. The van der Waals surface area contributed by atoms with Crippen molar-refractivity contribution >= 4 is 38.9 Å². The lowest BCUT2D eigenvalue weighted by molar-refractivity contribution is -0.117. The van der Waals surface area contributed by atoms with E-state index in [9.17, 15) is 13.2 Å².